The maximum atomic E-state index is 11.2. The first-order valence-corrected chi connectivity index (χ1v) is 4.93. The highest BCUT2D eigenvalue weighted by atomic mass is 16.5. The first-order chi connectivity index (χ1) is 7.81. The van der Waals surface area contributed by atoms with Crippen LogP contribution in [0, 0.1) is 16.5 Å². The minimum absolute atomic E-state index is 0.156. The van der Waals surface area contributed by atoms with Crippen LogP contribution in [0.1, 0.15) is 11.5 Å². The van der Waals surface area contributed by atoms with Crippen LogP contribution in [0.25, 0.3) is 0 Å². The smallest absolute Gasteiger partial charge is 0.111 e. The molecule has 0 N–H and O–H groups in total. The molecule has 16 heavy (non-hydrogen) atoms. The molecule has 4 heteroatoms. The Balaban J connectivity index is 2.28. The van der Waals surface area contributed by atoms with Gasteiger partial charge in [0.15, 0.2) is 0 Å². The van der Waals surface area contributed by atoms with E-state index in [1.807, 2.05) is 30.3 Å². The monoisotopic (exact) mass is 212 g/mol. The van der Waals surface area contributed by atoms with Crippen molar-refractivity contribution in [2.45, 2.75) is 5.92 Å². The zero-order chi connectivity index (χ0) is 11.4. The van der Waals surface area contributed by atoms with E-state index < -0.39 is 5.92 Å². The third kappa shape index (κ3) is 2.10. The molecule has 1 aromatic carbocycles. The third-order valence-electron chi connectivity index (χ3n) is 2.39. The summed E-state index contributed by atoms with van der Waals surface area (Å²) in [6.45, 7) is 0.156. The molecule has 0 amide bonds. The predicted octanol–water partition coefficient (Wildman–Crippen LogP) is 2.02. The van der Waals surface area contributed by atoms with Crippen LogP contribution in [0.3, 0.4) is 0 Å². The molecule has 0 fully saturated rings. The van der Waals surface area contributed by atoms with E-state index in [0.717, 1.165) is 10.6 Å². The maximum Gasteiger partial charge on any atom is 0.111 e. The number of aliphatic imine (C=N–C) groups is 1. The van der Waals surface area contributed by atoms with Crippen molar-refractivity contribution in [1.29, 1.82) is 5.26 Å². The Labute approximate surface area is 93.7 Å². The van der Waals surface area contributed by atoms with Crippen LogP contribution in [-0.4, -0.2) is 17.3 Å². The minimum atomic E-state index is -0.442. The molecule has 0 saturated carbocycles. The molecule has 4 nitrogen and oxygen atoms in total. The molecular formula is C12H10N3O-. The van der Waals surface area contributed by atoms with E-state index in [1.54, 1.807) is 0 Å². The Kier molecular flexibility index (Phi) is 2.99. The summed E-state index contributed by atoms with van der Waals surface area (Å²) in [4.78, 5) is 4.10. The van der Waals surface area contributed by atoms with Crippen molar-refractivity contribution in [1.82, 2.24) is 5.06 Å². The second-order valence-electron chi connectivity index (χ2n) is 3.47. The molecule has 1 aliphatic rings. The minimum Gasteiger partial charge on any atom is -0.758 e. The lowest BCUT2D eigenvalue weighted by atomic mass is 9.95. The summed E-state index contributed by atoms with van der Waals surface area (Å²) >= 11 is 0. The van der Waals surface area contributed by atoms with Crippen LogP contribution in [0.4, 0.5) is 0 Å². The van der Waals surface area contributed by atoms with Gasteiger partial charge in [-0.25, -0.2) is 0 Å². The van der Waals surface area contributed by atoms with E-state index >= 15 is 0 Å². The molecule has 80 valence electrons. The molecule has 1 aromatic rings. The second kappa shape index (κ2) is 4.60. The zero-order valence-electron chi connectivity index (χ0n) is 8.58. The summed E-state index contributed by atoms with van der Waals surface area (Å²) in [6, 6.07) is 11.5. The van der Waals surface area contributed by atoms with Crippen molar-refractivity contribution in [2.75, 3.05) is 6.54 Å². The van der Waals surface area contributed by atoms with Gasteiger partial charge in [-0.2, -0.15) is 5.26 Å². The number of hydrogen-bond donors (Lipinski definition) is 0. The number of nitrogens with zero attached hydrogens (tertiary/aromatic N) is 3. The van der Waals surface area contributed by atoms with Crippen LogP contribution in [0.5, 0.6) is 0 Å². The van der Waals surface area contributed by atoms with Gasteiger partial charge in [0.05, 0.1) is 11.8 Å². The van der Waals surface area contributed by atoms with Gasteiger partial charge in [-0.1, -0.05) is 30.3 Å². The van der Waals surface area contributed by atoms with Gasteiger partial charge in [-0.15, -0.1) is 0 Å². The molecule has 0 aromatic heterocycles. The molecule has 0 saturated heterocycles. The van der Waals surface area contributed by atoms with Crippen LogP contribution in [-0.2, 0) is 0 Å². The SMILES string of the molecule is N#CC(C1=NC=CN([O-])C1)c1ccccc1. The van der Waals surface area contributed by atoms with Crippen LogP contribution in [0.2, 0.25) is 0 Å². The van der Waals surface area contributed by atoms with Crippen molar-refractivity contribution < 1.29 is 0 Å². The van der Waals surface area contributed by atoms with Crippen molar-refractivity contribution in [2.24, 2.45) is 4.99 Å². The largest absolute Gasteiger partial charge is 0.758 e. The van der Waals surface area contributed by atoms with Crippen LogP contribution in [0.15, 0.2) is 47.7 Å². The average molecular weight is 212 g/mol. The standard InChI is InChI=1S/C12H10N3O/c13-8-11(10-4-2-1-3-5-10)12-9-15(16)7-6-14-12/h1-7,11H,9H2/q-1. The number of hydrogen-bond acceptors (Lipinski definition) is 4. The van der Waals surface area contributed by atoms with Gasteiger partial charge in [0.1, 0.15) is 5.92 Å². The summed E-state index contributed by atoms with van der Waals surface area (Å²) in [5.41, 5.74) is 1.46. The average Bonchev–Trinajstić information content (AvgIpc) is 2.31. The van der Waals surface area contributed by atoms with E-state index in [1.165, 1.54) is 12.4 Å². The summed E-state index contributed by atoms with van der Waals surface area (Å²) in [7, 11) is 0. The van der Waals surface area contributed by atoms with E-state index in [-0.39, 0.29) is 6.54 Å². The lowest BCUT2D eigenvalue weighted by Gasteiger charge is -2.30. The normalized spacial score (nSPS) is 16.5. The van der Waals surface area contributed by atoms with Gasteiger partial charge in [0, 0.05) is 18.9 Å². The predicted molar refractivity (Wildman–Crippen MR) is 61.4 cm³/mol. The summed E-state index contributed by atoms with van der Waals surface area (Å²) in [5.74, 6) is -0.442. The maximum absolute atomic E-state index is 11.2. The van der Waals surface area contributed by atoms with Gasteiger partial charge in [0.2, 0.25) is 0 Å². The molecule has 0 spiro atoms. The molecule has 0 bridgehead atoms. The van der Waals surface area contributed by atoms with Crippen molar-refractivity contribution in [3.63, 3.8) is 0 Å². The molecule has 0 aliphatic carbocycles. The van der Waals surface area contributed by atoms with Crippen LogP contribution >= 0.6 is 0 Å². The van der Waals surface area contributed by atoms with Gasteiger partial charge in [-0.3, -0.25) is 4.99 Å². The molecule has 1 unspecified atom stereocenters. The fourth-order valence-electron chi connectivity index (χ4n) is 1.61. The highest BCUT2D eigenvalue weighted by molar-refractivity contribution is 5.96. The molecule has 1 aliphatic heterocycles. The van der Waals surface area contributed by atoms with E-state index in [2.05, 4.69) is 11.1 Å². The third-order valence-corrected chi connectivity index (χ3v) is 2.39. The van der Waals surface area contributed by atoms with E-state index in [0.29, 0.717) is 5.71 Å². The Morgan fingerprint density at radius 2 is 2.12 bits per heavy atom. The first kappa shape index (κ1) is 10.4. The van der Waals surface area contributed by atoms with Crippen molar-refractivity contribution >= 4 is 5.71 Å². The quantitative estimate of drug-likeness (QED) is 0.753. The van der Waals surface area contributed by atoms with Gasteiger partial charge in [-0.05, 0) is 5.56 Å². The Morgan fingerprint density at radius 3 is 2.75 bits per heavy atom. The Morgan fingerprint density at radius 1 is 1.38 bits per heavy atom. The topological polar surface area (TPSA) is 62.5 Å². The van der Waals surface area contributed by atoms with Gasteiger partial charge < -0.3 is 10.3 Å². The Hall–Kier alpha value is -2.12. The number of rotatable bonds is 2. The van der Waals surface area contributed by atoms with Gasteiger partial charge in [0.25, 0.3) is 0 Å². The molecule has 1 heterocycles. The second-order valence-corrected chi connectivity index (χ2v) is 3.47. The molecule has 1 atom stereocenters. The number of nitriles is 1. The van der Waals surface area contributed by atoms with Crippen molar-refractivity contribution in [3.8, 4) is 6.07 Å². The first-order valence-electron chi connectivity index (χ1n) is 4.93. The fraction of sp³-hybridized carbons (Fsp3) is 0.167. The highest BCUT2D eigenvalue weighted by Gasteiger charge is 2.18. The molecule has 0 radical (unpaired) electrons. The molecule has 2 rings (SSSR count). The highest BCUT2D eigenvalue weighted by Crippen LogP contribution is 2.18. The Bertz CT molecular complexity index is 459. The zero-order valence-corrected chi connectivity index (χ0v) is 8.58. The number of hydroxylamine groups is 2. The van der Waals surface area contributed by atoms with E-state index in [9.17, 15) is 5.21 Å². The van der Waals surface area contributed by atoms with E-state index in [4.69, 9.17) is 5.26 Å². The summed E-state index contributed by atoms with van der Waals surface area (Å²) < 4.78 is 0. The number of benzene rings is 1. The van der Waals surface area contributed by atoms with Gasteiger partial charge >= 0.3 is 0 Å². The molecular weight excluding hydrogens is 202 g/mol. The summed E-state index contributed by atoms with van der Waals surface area (Å²) in [6.07, 6.45) is 2.78. The van der Waals surface area contributed by atoms with Crippen molar-refractivity contribution in [3.05, 3.63) is 53.5 Å². The lowest BCUT2D eigenvalue weighted by Crippen LogP contribution is -2.26. The van der Waals surface area contributed by atoms with Crippen LogP contribution < -0.4 is 0 Å². The lowest BCUT2D eigenvalue weighted by molar-refractivity contribution is 0.571. The fourth-order valence-corrected chi connectivity index (χ4v) is 1.61. The summed E-state index contributed by atoms with van der Waals surface area (Å²) in [5, 5.41) is 21.1.